The second-order valence-corrected chi connectivity index (χ2v) is 4.89. The smallest absolute Gasteiger partial charge is 0.307 e. The van der Waals surface area contributed by atoms with Crippen LogP contribution in [0.2, 0.25) is 0 Å². The van der Waals surface area contributed by atoms with Crippen LogP contribution in [-0.4, -0.2) is 36.1 Å². The normalized spacial score (nSPS) is 18.2. The van der Waals surface area contributed by atoms with Gasteiger partial charge in [-0.05, 0) is 50.0 Å². The van der Waals surface area contributed by atoms with Crippen LogP contribution in [0.1, 0.15) is 29.9 Å². The number of nitrogens with zero attached hydrogens (tertiary/aromatic N) is 1. The molecule has 3 nitrogen and oxygen atoms in total. The molecule has 0 spiro atoms. The average molecular weight is 233 g/mol. The molecule has 0 radical (unpaired) electrons. The maximum Gasteiger partial charge on any atom is 0.307 e. The van der Waals surface area contributed by atoms with Crippen molar-refractivity contribution in [3.05, 3.63) is 35.4 Å². The number of aliphatic carboxylic acids is 1. The van der Waals surface area contributed by atoms with Gasteiger partial charge in [-0.15, -0.1) is 0 Å². The Hall–Kier alpha value is -1.35. The molecule has 17 heavy (non-hydrogen) atoms. The molecule has 0 bridgehead atoms. The van der Waals surface area contributed by atoms with Crippen LogP contribution in [0.4, 0.5) is 0 Å². The van der Waals surface area contributed by atoms with Gasteiger partial charge in [-0.3, -0.25) is 4.79 Å². The highest BCUT2D eigenvalue weighted by molar-refractivity contribution is 5.70. The first-order valence-corrected chi connectivity index (χ1v) is 6.14. The maximum atomic E-state index is 10.7. The topological polar surface area (TPSA) is 40.5 Å². The highest BCUT2D eigenvalue weighted by atomic mass is 16.4. The molecule has 1 aliphatic rings. The maximum absolute atomic E-state index is 10.7. The molecular formula is C14H19NO2. The Kier molecular flexibility index (Phi) is 3.79. The second kappa shape index (κ2) is 5.32. The van der Waals surface area contributed by atoms with Gasteiger partial charge >= 0.3 is 5.97 Å². The van der Waals surface area contributed by atoms with Crippen molar-refractivity contribution in [2.45, 2.75) is 25.2 Å². The minimum atomic E-state index is -0.759. The van der Waals surface area contributed by atoms with Crippen molar-refractivity contribution in [2.75, 3.05) is 20.1 Å². The third kappa shape index (κ3) is 3.30. The van der Waals surface area contributed by atoms with Crippen molar-refractivity contribution in [3.63, 3.8) is 0 Å². The van der Waals surface area contributed by atoms with Crippen LogP contribution >= 0.6 is 0 Å². The molecule has 1 aromatic carbocycles. The van der Waals surface area contributed by atoms with Crippen LogP contribution < -0.4 is 0 Å². The van der Waals surface area contributed by atoms with Gasteiger partial charge in [0, 0.05) is 0 Å². The molecule has 0 atom stereocenters. The van der Waals surface area contributed by atoms with E-state index < -0.39 is 5.97 Å². The van der Waals surface area contributed by atoms with Gasteiger partial charge in [-0.25, -0.2) is 0 Å². The Morgan fingerprint density at radius 1 is 1.41 bits per heavy atom. The predicted octanol–water partition coefficient (Wildman–Crippen LogP) is 2.12. The standard InChI is InChI=1S/C14H19NO2/c1-15-7-5-12(6-8-15)13-4-2-3-11(9-13)10-14(16)17/h2-4,9,12H,5-8,10H2,1H3,(H,16,17). The van der Waals surface area contributed by atoms with Crippen molar-refractivity contribution in [1.82, 2.24) is 4.90 Å². The summed E-state index contributed by atoms with van der Waals surface area (Å²) in [7, 11) is 2.15. The van der Waals surface area contributed by atoms with Crippen LogP contribution in [0, 0.1) is 0 Å². The van der Waals surface area contributed by atoms with Gasteiger partial charge in [-0.2, -0.15) is 0 Å². The van der Waals surface area contributed by atoms with Crippen LogP contribution in [0.25, 0.3) is 0 Å². The summed E-state index contributed by atoms with van der Waals surface area (Å²) < 4.78 is 0. The molecule has 2 rings (SSSR count). The summed E-state index contributed by atoms with van der Waals surface area (Å²) in [5.74, 6) is -0.162. The van der Waals surface area contributed by atoms with Gasteiger partial charge in [0.15, 0.2) is 0 Å². The van der Waals surface area contributed by atoms with Gasteiger partial charge in [-0.1, -0.05) is 24.3 Å². The molecule has 0 aromatic heterocycles. The summed E-state index contributed by atoms with van der Waals surface area (Å²) in [5, 5.41) is 8.80. The van der Waals surface area contributed by atoms with E-state index in [4.69, 9.17) is 5.11 Å². The minimum Gasteiger partial charge on any atom is -0.481 e. The number of likely N-dealkylation sites (tertiary alicyclic amines) is 1. The Morgan fingerprint density at radius 3 is 2.76 bits per heavy atom. The van der Waals surface area contributed by atoms with Gasteiger partial charge in [0.2, 0.25) is 0 Å². The summed E-state index contributed by atoms with van der Waals surface area (Å²) in [6.07, 6.45) is 2.47. The van der Waals surface area contributed by atoms with Crippen molar-refractivity contribution < 1.29 is 9.90 Å². The van der Waals surface area contributed by atoms with Crippen molar-refractivity contribution >= 4 is 5.97 Å². The van der Waals surface area contributed by atoms with Gasteiger partial charge in [0.05, 0.1) is 6.42 Å². The highest BCUT2D eigenvalue weighted by Crippen LogP contribution is 2.27. The Morgan fingerprint density at radius 2 is 2.12 bits per heavy atom. The van der Waals surface area contributed by atoms with Gasteiger partial charge in [0.1, 0.15) is 0 Å². The number of carbonyl (C=O) groups is 1. The Labute approximate surface area is 102 Å². The molecule has 1 heterocycles. The molecule has 1 aromatic rings. The van der Waals surface area contributed by atoms with E-state index in [2.05, 4.69) is 24.1 Å². The third-order valence-corrected chi connectivity index (χ3v) is 3.50. The number of hydrogen-bond acceptors (Lipinski definition) is 2. The lowest BCUT2D eigenvalue weighted by atomic mass is 9.88. The number of carboxylic acids is 1. The molecule has 1 saturated heterocycles. The fourth-order valence-corrected chi connectivity index (χ4v) is 2.47. The SMILES string of the molecule is CN1CCC(c2cccc(CC(=O)O)c2)CC1. The molecule has 0 aliphatic carbocycles. The van der Waals surface area contributed by atoms with Crippen LogP contribution in [0.3, 0.4) is 0 Å². The molecule has 1 fully saturated rings. The van der Waals surface area contributed by atoms with E-state index in [0.717, 1.165) is 18.7 Å². The van der Waals surface area contributed by atoms with E-state index in [0.29, 0.717) is 5.92 Å². The lowest BCUT2D eigenvalue weighted by Gasteiger charge is -2.29. The number of rotatable bonds is 3. The van der Waals surface area contributed by atoms with Gasteiger partial charge in [0.25, 0.3) is 0 Å². The van der Waals surface area contributed by atoms with E-state index in [1.165, 1.54) is 18.4 Å². The lowest BCUT2D eigenvalue weighted by molar-refractivity contribution is -0.136. The highest BCUT2D eigenvalue weighted by Gasteiger charge is 2.18. The summed E-state index contributed by atoms with van der Waals surface area (Å²) >= 11 is 0. The third-order valence-electron chi connectivity index (χ3n) is 3.50. The zero-order valence-electron chi connectivity index (χ0n) is 10.2. The van der Waals surface area contributed by atoms with E-state index >= 15 is 0 Å². The van der Waals surface area contributed by atoms with Crippen molar-refractivity contribution in [2.24, 2.45) is 0 Å². The molecule has 92 valence electrons. The summed E-state index contributed by atoms with van der Waals surface area (Å²) in [4.78, 5) is 13.0. The zero-order chi connectivity index (χ0) is 12.3. The fraction of sp³-hybridized carbons (Fsp3) is 0.500. The van der Waals surface area contributed by atoms with Crippen LogP contribution in [-0.2, 0) is 11.2 Å². The zero-order valence-corrected chi connectivity index (χ0v) is 10.2. The summed E-state index contributed by atoms with van der Waals surface area (Å²) in [6, 6.07) is 8.06. The Balaban J connectivity index is 2.07. The Bertz CT molecular complexity index is 395. The summed E-state index contributed by atoms with van der Waals surface area (Å²) in [6.45, 7) is 2.27. The number of hydrogen-bond donors (Lipinski definition) is 1. The molecule has 0 unspecified atom stereocenters. The largest absolute Gasteiger partial charge is 0.481 e. The molecular weight excluding hydrogens is 214 g/mol. The predicted molar refractivity (Wildman–Crippen MR) is 67.3 cm³/mol. The first-order chi connectivity index (χ1) is 8.15. The van der Waals surface area contributed by atoms with Crippen LogP contribution in [0.5, 0.6) is 0 Å². The second-order valence-electron chi connectivity index (χ2n) is 4.89. The molecule has 0 saturated carbocycles. The van der Waals surface area contributed by atoms with Crippen LogP contribution in [0.15, 0.2) is 24.3 Å². The van der Waals surface area contributed by atoms with Gasteiger partial charge < -0.3 is 10.0 Å². The van der Waals surface area contributed by atoms with E-state index in [1.54, 1.807) is 0 Å². The number of benzene rings is 1. The van der Waals surface area contributed by atoms with E-state index in [-0.39, 0.29) is 6.42 Å². The molecule has 3 heteroatoms. The minimum absolute atomic E-state index is 0.125. The van der Waals surface area contributed by atoms with E-state index in [9.17, 15) is 4.79 Å². The first-order valence-electron chi connectivity index (χ1n) is 6.14. The van der Waals surface area contributed by atoms with Crippen molar-refractivity contribution in [1.29, 1.82) is 0 Å². The molecule has 0 amide bonds. The molecule has 1 N–H and O–H groups in total. The first kappa shape index (κ1) is 12.1. The summed E-state index contributed by atoms with van der Waals surface area (Å²) in [5.41, 5.74) is 2.21. The lowest BCUT2D eigenvalue weighted by Crippen LogP contribution is -2.29. The van der Waals surface area contributed by atoms with E-state index in [1.807, 2.05) is 12.1 Å². The van der Waals surface area contributed by atoms with Crippen molar-refractivity contribution in [3.8, 4) is 0 Å². The monoisotopic (exact) mass is 233 g/mol. The quantitative estimate of drug-likeness (QED) is 0.869. The average Bonchev–Trinajstić information content (AvgIpc) is 2.29. The molecule has 1 aliphatic heterocycles. The number of piperidine rings is 1. The number of carboxylic acid groups (broad SMARTS) is 1. The fourth-order valence-electron chi connectivity index (χ4n) is 2.47.